The normalized spacial score (nSPS) is 28.4. The molecule has 0 aromatic rings. The van der Waals surface area contributed by atoms with Crippen LogP contribution in [0.25, 0.3) is 0 Å². The first-order valence-electron chi connectivity index (χ1n) is 4.24. The molecule has 2 nitrogen and oxygen atoms in total. The van der Waals surface area contributed by atoms with E-state index in [4.69, 9.17) is 10.5 Å². The molecule has 0 spiro atoms. The molecule has 0 radical (unpaired) electrons. The van der Waals surface area contributed by atoms with E-state index in [1.807, 2.05) is 18.7 Å². The lowest BCUT2D eigenvalue weighted by Crippen LogP contribution is -2.28. The molecule has 1 aliphatic heterocycles. The number of nitrogens with two attached hydrogens (primary N) is 1. The van der Waals surface area contributed by atoms with Crippen molar-refractivity contribution in [2.24, 2.45) is 5.73 Å². The standard InChI is InChI=1S/C8H17NOS/c1-7(9)5-10-8-3-2-4-11-6-8/h7-8H,2-6,9H2,1H3. The summed E-state index contributed by atoms with van der Waals surface area (Å²) in [5, 5.41) is 0. The Morgan fingerprint density at radius 1 is 1.73 bits per heavy atom. The lowest BCUT2D eigenvalue weighted by molar-refractivity contribution is 0.0545. The molecular formula is C8H17NOS. The molecule has 1 aliphatic rings. The quantitative estimate of drug-likeness (QED) is 0.701. The van der Waals surface area contributed by atoms with E-state index in [2.05, 4.69) is 0 Å². The summed E-state index contributed by atoms with van der Waals surface area (Å²) in [7, 11) is 0. The van der Waals surface area contributed by atoms with Crippen LogP contribution in [0.2, 0.25) is 0 Å². The first-order chi connectivity index (χ1) is 5.29. The molecule has 66 valence electrons. The van der Waals surface area contributed by atoms with Crippen LogP contribution in [0.1, 0.15) is 19.8 Å². The van der Waals surface area contributed by atoms with E-state index in [9.17, 15) is 0 Å². The maximum atomic E-state index is 5.60. The summed E-state index contributed by atoms with van der Waals surface area (Å²) in [6.45, 7) is 2.70. The van der Waals surface area contributed by atoms with Gasteiger partial charge in [-0.15, -0.1) is 0 Å². The van der Waals surface area contributed by atoms with Gasteiger partial charge in [-0.25, -0.2) is 0 Å². The maximum Gasteiger partial charge on any atom is 0.0666 e. The molecule has 1 rings (SSSR count). The second-order valence-corrected chi connectivity index (χ2v) is 4.30. The van der Waals surface area contributed by atoms with Crippen LogP contribution in [0.4, 0.5) is 0 Å². The second kappa shape index (κ2) is 5.01. The third kappa shape index (κ3) is 3.99. The van der Waals surface area contributed by atoms with E-state index in [1.165, 1.54) is 18.6 Å². The third-order valence-electron chi connectivity index (χ3n) is 1.71. The Balaban J connectivity index is 2.05. The third-order valence-corrected chi connectivity index (χ3v) is 2.90. The molecule has 2 N–H and O–H groups in total. The van der Waals surface area contributed by atoms with Crippen LogP contribution in [-0.2, 0) is 4.74 Å². The van der Waals surface area contributed by atoms with Gasteiger partial charge in [-0.1, -0.05) is 0 Å². The summed E-state index contributed by atoms with van der Waals surface area (Å²) in [6.07, 6.45) is 2.99. The van der Waals surface area contributed by atoms with Crippen LogP contribution in [0.5, 0.6) is 0 Å². The van der Waals surface area contributed by atoms with Crippen LogP contribution in [0.3, 0.4) is 0 Å². The zero-order chi connectivity index (χ0) is 8.10. The number of hydrogen-bond donors (Lipinski definition) is 1. The fourth-order valence-corrected chi connectivity index (χ4v) is 2.19. The average Bonchev–Trinajstić information content (AvgIpc) is 2.03. The summed E-state index contributed by atoms with van der Waals surface area (Å²) < 4.78 is 5.60. The topological polar surface area (TPSA) is 35.2 Å². The van der Waals surface area contributed by atoms with Gasteiger partial charge in [0.1, 0.15) is 0 Å². The lowest BCUT2D eigenvalue weighted by Gasteiger charge is -2.22. The number of thioether (sulfide) groups is 1. The highest BCUT2D eigenvalue weighted by molar-refractivity contribution is 7.99. The van der Waals surface area contributed by atoms with Gasteiger partial charge in [-0.2, -0.15) is 11.8 Å². The largest absolute Gasteiger partial charge is 0.376 e. The number of ether oxygens (including phenoxy) is 1. The summed E-state index contributed by atoms with van der Waals surface area (Å²) in [6, 6.07) is 0.182. The van der Waals surface area contributed by atoms with Crippen LogP contribution in [0, 0.1) is 0 Å². The van der Waals surface area contributed by atoms with Gasteiger partial charge in [-0.05, 0) is 25.5 Å². The fourth-order valence-electron chi connectivity index (χ4n) is 1.13. The number of hydrogen-bond acceptors (Lipinski definition) is 3. The molecule has 0 amide bonds. The van der Waals surface area contributed by atoms with E-state index < -0.39 is 0 Å². The van der Waals surface area contributed by atoms with Gasteiger partial charge in [0.15, 0.2) is 0 Å². The Bertz CT molecular complexity index is 102. The van der Waals surface area contributed by atoms with E-state index in [0.717, 1.165) is 5.75 Å². The Morgan fingerprint density at radius 3 is 3.09 bits per heavy atom. The Morgan fingerprint density at radius 2 is 2.55 bits per heavy atom. The van der Waals surface area contributed by atoms with Crippen LogP contribution in [0.15, 0.2) is 0 Å². The zero-order valence-electron chi connectivity index (χ0n) is 7.08. The van der Waals surface area contributed by atoms with E-state index in [1.54, 1.807) is 0 Å². The van der Waals surface area contributed by atoms with E-state index in [-0.39, 0.29) is 6.04 Å². The van der Waals surface area contributed by atoms with Gasteiger partial charge in [0, 0.05) is 11.8 Å². The van der Waals surface area contributed by atoms with Crippen molar-refractivity contribution >= 4 is 11.8 Å². The summed E-state index contributed by atoms with van der Waals surface area (Å²) >= 11 is 1.99. The van der Waals surface area contributed by atoms with Gasteiger partial charge < -0.3 is 10.5 Å². The van der Waals surface area contributed by atoms with Gasteiger partial charge in [-0.3, -0.25) is 0 Å². The molecule has 1 fully saturated rings. The first-order valence-corrected chi connectivity index (χ1v) is 5.39. The molecule has 0 aromatic carbocycles. The summed E-state index contributed by atoms with van der Waals surface area (Å²) in [5.41, 5.74) is 5.58. The molecule has 3 heteroatoms. The van der Waals surface area contributed by atoms with Crippen molar-refractivity contribution in [1.82, 2.24) is 0 Å². The lowest BCUT2D eigenvalue weighted by atomic mass is 10.2. The molecular weight excluding hydrogens is 158 g/mol. The molecule has 0 bridgehead atoms. The molecule has 0 aliphatic carbocycles. The first kappa shape index (κ1) is 9.36. The minimum Gasteiger partial charge on any atom is -0.376 e. The zero-order valence-corrected chi connectivity index (χ0v) is 7.90. The molecule has 2 atom stereocenters. The highest BCUT2D eigenvalue weighted by Gasteiger charge is 2.13. The molecule has 0 saturated carbocycles. The Kier molecular flexibility index (Phi) is 4.26. The molecule has 0 aromatic heterocycles. The predicted octanol–water partition coefficient (Wildman–Crippen LogP) is 1.25. The van der Waals surface area contributed by atoms with Gasteiger partial charge in [0.25, 0.3) is 0 Å². The van der Waals surface area contributed by atoms with Crippen molar-refractivity contribution < 1.29 is 4.74 Å². The van der Waals surface area contributed by atoms with Gasteiger partial charge in [0.05, 0.1) is 12.7 Å². The maximum absolute atomic E-state index is 5.60. The van der Waals surface area contributed by atoms with Crippen LogP contribution < -0.4 is 5.73 Å². The van der Waals surface area contributed by atoms with Crippen molar-refractivity contribution in [3.05, 3.63) is 0 Å². The minimum atomic E-state index is 0.182. The van der Waals surface area contributed by atoms with Crippen LogP contribution >= 0.6 is 11.8 Å². The molecule has 1 heterocycles. The Labute approximate surface area is 72.9 Å². The SMILES string of the molecule is CC(N)COC1CCCSC1. The van der Waals surface area contributed by atoms with Crippen LogP contribution in [-0.4, -0.2) is 30.3 Å². The van der Waals surface area contributed by atoms with E-state index >= 15 is 0 Å². The Hall–Kier alpha value is 0.270. The molecule has 11 heavy (non-hydrogen) atoms. The average molecular weight is 175 g/mol. The smallest absolute Gasteiger partial charge is 0.0666 e. The summed E-state index contributed by atoms with van der Waals surface area (Å²) in [4.78, 5) is 0. The van der Waals surface area contributed by atoms with Crippen molar-refractivity contribution in [1.29, 1.82) is 0 Å². The monoisotopic (exact) mass is 175 g/mol. The van der Waals surface area contributed by atoms with E-state index in [0.29, 0.717) is 12.7 Å². The molecule has 2 unspecified atom stereocenters. The van der Waals surface area contributed by atoms with Gasteiger partial charge >= 0.3 is 0 Å². The summed E-state index contributed by atoms with van der Waals surface area (Å²) in [5.74, 6) is 2.46. The van der Waals surface area contributed by atoms with Crippen molar-refractivity contribution in [2.75, 3.05) is 18.1 Å². The van der Waals surface area contributed by atoms with Crippen molar-refractivity contribution in [2.45, 2.75) is 31.9 Å². The predicted molar refractivity (Wildman–Crippen MR) is 49.9 cm³/mol. The van der Waals surface area contributed by atoms with Gasteiger partial charge in [0.2, 0.25) is 0 Å². The fraction of sp³-hybridized carbons (Fsp3) is 1.00. The highest BCUT2D eigenvalue weighted by Crippen LogP contribution is 2.19. The van der Waals surface area contributed by atoms with Crippen molar-refractivity contribution in [3.63, 3.8) is 0 Å². The number of rotatable bonds is 3. The van der Waals surface area contributed by atoms with Crippen molar-refractivity contribution in [3.8, 4) is 0 Å². The molecule has 1 saturated heterocycles. The minimum absolute atomic E-state index is 0.182. The second-order valence-electron chi connectivity index (χ2n) is 3.15. The highest BCUT2D eigenvalue weighted by atomic mass is 32.2.